The van der Waals surface area contributed by atoms with Crippen LogP contribution in [-0.2, 0) is 17.8 Å². The first-order valence-corrected chi connectivity index (χ1v) is 10.8. The van der Waals surface area contributed by atoms with Crippen LogP contribution in [0.1, 0.15) is 39.6 Å². The molecule has 2 aromatic heterocycles. The summed E-state index contributed by atoms with van der Waals surface area (Å²) in [6.45, 7) is 0.362. The molecule has 1 aliphatic carbocycles. The van der Waals surface area contributed by atoms with Crippen LogP contribution in [0.15, 0.2) is 54.7 Å². The zero-order valence-corrected chi connectivity index (χ0v) is 18.9. The quantitative estimate of drug-likeness (QED) is 0.438. The number of methoxy groups -OCH3 is 3. The highest BCUT2D eigenvalue weighted by molar-refractivity contribution is 5.99. The van der Waals surface area contributed by atoms with Gasteiger partial charge in [0.25, 0.3) is 0 Å². The summed E-state index contributed by atoms with van der Waals surface area (Å²) in [6, 6.07) is 15.9. The Morgan fingerprint density at radius 3 is 2.52 bits per heavy atom. The largest absolute Gasteiger partial charge is 0.493 e. The van der Waals surface area contributed by atoms with E-state index in [1.165, 1.54) is 0 Å². The van der Waals surface area contributed by atoms with Crippen molar-refractivity contribution in [1.29, 1.82) is 0 Å². The minimum atomic E-state index is 0.0151. The first-order chi connectivity index (χ1) is 16.1. The molecule has 0 aliphatic heterocycles. The fourth-order valence-corrected chi connectivity index (χ4v) is 4.56. The van der Waals surface area contributed by atoms with E-state index in [9.17, 15) is 4.79 Å². The number of rotatable bonds is 6. The second-order valence-corrected chi connectivity index (χ2v) is 8.13. The number of fused-ring (bicyclic) bond motifs is 2. The summed E-state index contributed by atoms with van der Waals surface area (Å²) in [5.41, 5.74) is 5.93. The second-order valence-electron chi connectivity index (χ2n) is 8.13. The average Bonchev–Trinajstić information content (AvgIpc) is 3.20. The Hall–Kier alpha value is -3.71. The SMILES string of the molecule is COCc1nn2cc3c(nc2c1-c1ccccc1)CC(c1ccc(OC)c(OC)c1)CC3=O. The fourth-order valence-electron chi connectivity index (χ4n) is 4.56. The van der Waals surface area contributed by atoms with Crippen molar-refractivity contribution >= 4 is 11.4 Å². The molecule has 2 aromatic carbocycles. The maximum atomic E-state index is 13.1. The highest BCUT2D eigenvalue weighted by atomic mass is 16.5. The molecule has 0 radical (unpaired) electrons. The van der Waals surface area contributed by atoms with Crippen LogP contribution < -0.4 is 9.47 Å². The monoisotopic (exact) mass is 443 g/mol. The van der Waals surface area contributed by atoms with Gasteiger partial charge < -0.3 is 14.2 Å². The number of ketones is 1. The van der Waals surface area contributed by atoms with Crippen LogP contribution in [0.4, 0.5) is 0 Å². The summed E-state index contributed by atoms with van der Waals surface area (Å²) in [7, 11) is 4.87. The molecule has 0 saturated heterocycles. The van der Waals surface area contributed by atoms with Crippen LogP contribution in [0.5, 0.6) is 11.5 Å². The van der Waals surface area contributed by atoms with Gasteiger partial charge in [-0.15, -0.1) is 0 Å². The summed E-state index contributed by atoms with van der Waals surface area (Å²) in [4.78, 5) is 18.1. The number of nitrogens with zero attached hydrogens (tertiary/aromatic N) is 3. The Kier molecular flexibility index (Phi) is 5.56. The molecule has 0 fully saturated rings. The molecule has 0 N–H and O–H groups in total. The average molecular weight is 444 g/mol. The van der Waals surface area contributed by atoms with E-state index in [2.05, 4.69) is 5.10 Å². The van der Waals surface area contributed by atoms with Gasteiger partial charge in [0.05, 0.1) is 43.3 Å². The van der Waals surface area contributed by atoms with Crippen molar-refractivity contribution in [2.24, 2.45) is 0 Å². The molecule has 1 unspecified atom stereocenters. The topological polar surface area (TPSA) is 75.0 Å². The molecule has 1 aliphatic rings. The first kappa shape index (κ1) is 21.2. The molecule has 5 rings (SSSR count). The van der Waals surface area contributed by atoms with Crippen LogP contribution >= 0.6 is 0 Å². The Morgan fingerprint density at radius 2 is 1.79 bits per heavy atom. The molecule has 0 spiro atoms. The molecule has 1 atom stereocenters. The van der Waals surface area contributed by atoms with E-state index in [4.69, 9.17) is 19.2 Å². The van der Waals surface area contributed by atoms with Crippen molar-refractivity contribution in [3.63, 3.8) is 0 Å². The molecular weight excluding hydrogens is 418 g/mol. The number of ether oxygens (including phenoxy) is 3. The van der Waals surface area contributed by atoms with Crippen LogP contribution in [-0.4, -0.2) is 41.7 Å². The van der Waals surface area contributed by atoms with Crippen LogP contribution in [0.2, 0.25) is 0 Å². The van der Waals surface area contributed by atoms with Gasteiger partial charge in [-0.1, -0.05) is 36.4 Å². The summed E-state index contributed by atoms with van der Waals surface area (Å²) >= 11 is 0. The molecule has 4 aromatic rings. The van der Waals surface area contributed by atoms with Gasteiger partial charge in [-0.2, -0.15) is 5.10 Å². The van der Waals surface area contributed by atoms with E-state index in [0.29, 0.717) is 36.5 Å². The number of hydrogen-bond acceptors (Lipinski definition) is 6. The van der Waals surface area contributed by atoms with E-state index in [-0.39, 0.29) is 11.7 Å². The minimum Gasteiger partial charge on any atom is -0.493 e. The van der Waals surface area contributed by atoms with Crippen molar-refractivity contribution in [1.82, 2.24) is 14.6 Å². The second kappa shape index (κ2) is 8.67. The third-order valence-corrected chi connectivity index (χ3v) is 6.16. The van der Waals surface area contributed by atoms with E-state index in [1.54, 1.807) is 25.8 Å². The van der Waals surface area contributed by atoms with Crippen molar-refractivity contribution in [3.8, 4) is 22.6 Å². The lowest BCUT2D eigenvalue weighted by Gasteiger charge is -2.24. The first-order valence-electron chi connectivity index (χ1n) is 10.8. The lowest BCUT2D eigenvalue weighted by Crippen LogP contribution is -2.21. The summed E-state index contributed by atoms with van der Waals surface area (Å²) in [5, 5.41) is 4.69. The van der Waals surface area contributed by atoms with Gasteiger partial charge in [-0.05, 0) is 35.6 Å². The van der Waals surface area contributed by atoms with E-state index in [1.807, 2.05) is 54.7 Å². The maximum absolute atomic E-state index is 13.1. The zero-order valence-electron chi connectivity index (χ0n) is 18.9. The van der Waals surface area contributed by atoms with Gasteiger partial charge in [-0.3, -0.25) is 4.79 Å². The molecule has 33 heavy (non-hydrogen) atoms. The maximum Gasteiger partial charge on any atom is 0.166 e. The summed E-state index contributed by atoms with van der Waals surface area (Å²) in [6.07, 6.45) is 2.88. The normalized spacial score (nSPS) is 15.5. The number of carbonyl (C=O) groups is 1. The summed E-state index contributed by atoms with van der Waals surface area (Å²) < 4.78 is 17.9. The molecule has 7 heteroatoms. The molecular formula is C26H25N3O4. The van der Waals surface area contributed by atoms with Crippen molar-refractivity contribution in [3.05, 3.63) is 77.2 Å². The minimum absolute atomic E-state index is 0.0151. The third-order valence-electron chi connectivity index (χ3n) is 6.16. The number of benzene rings is 2. The van der Waals surface area contributed by atoms with Crippen molar-refractivity contribution in [2.75, 3.05) is 21.3 Å². The third kappa shape index (κ3) is 3.74. The lowest BCUT2D eigenvalue weighted by molar-refractivity contribution is 0.0962. The molecule has 168 valence electrons. The highest BCUT2D eigenvalue weighted by Crippen LogP contribution is 2.37. The number of hydrogen-bond donors (Lipinski definition) is 0. The molecule has 0 saturated carbocycles. The standard InChI is InChI=1S/C26H25N3O4/c1-31-15-21-25(16-7-5-4-6-8-16)26-27-20-11-18(12-22(30)19(20)14-29(26)28-21)17-9-10-23(32-2)24(13-17)33-3/h4-10,13-14,18H,11-12,15H2,1-3H3. The van der Waals surface area contributed by atoms with Crippen molar-refractivity contribution < 1.29 is 19.0 Å². The van der Waals surface area contributed by atoms with Gasteiger partial charge in [0, 0.05) is 19.7 Å². The fraction of sp³-hybridized carbons (Fsp3) is 0.269. The Labute approximate surface area is 191 Å². The van der Waals surface area contributed by atoms with E-state index < -0.39 is 0 Å². The van der Waals surface area contributed by atoms with Gasteiger partial charge >= 0.3 is 0 Å². The van der Waals surface area contributed by atoms with Gasteiger partial charge in [0.2, 0.25) is 0 Å². The Morgan fingerprint density at radius 1 is 1.00 bits per heavy atom. The molecule has 0 amide bonds. The number of Topliss-reactive ketones (excluding diaryl/α,β-unsaturated/α-hetero) is 1. The Balaban J connectivity index is 1.60. The lowest BCUT2D eigenvalue weighted by atomic mass is 9.82. The molecule has 7 nitrogen and oxygen atoms in total. The van der Waals surface area contributed by atoms with Crippen LogP contribution in [0.25, 0.3) is 16.8 Å². The van der Waals surface area contributed by atoms with E-state index >= 15 is 0 Å². The smallest absolute Gasteiger partial charge is 0.166 e. The van der Waals surface area contributed by atoms with Crippen LogP contribution in [0.3, 0.4) is 0 Å². The molecule has 0 bridgehead atoms. The highest BCUT2D eigenvalue weighted by Gasteiger charge is 2.30. The van der Waals surface area contributed by atoms with Crippen LogP contribution in [0, 0.1) is 0 Å². The number of aromatic nitrogens is 3. The predicted molar refractivity (Wildman–Crippen MR) is 124 cm³/mol. The molecule has 2 heterocycles. The Bertz CT molecular complexity index is 1330. The van der Waals surface area contributed by atoms with E-state index in [0.717, 1.165) is 33.7 Å². The van der Waals surface area contributed by atoms with Gasteiger partial charge in [0.15, 0.2) is 22.9 Å². The zero-order chi connectivity index (χ0) is 22.9. The predicted octanol–water partition coefficient (Wildman–Crippen LogP) is 4.47. The van der Waals surface area contributed by atoms with Crippen molar-refractivity contribution in [2.45, 2.75) is 25.4 Å². The number of carbonyl (C=O) groups excluding carboxylic acids is 1. The summed E-state index contributed by atoms with van der Waals surface area (Å²) in [5.74, 6) is 1.40. The van der Waals surface area contributed by atoms with Gasteiger partial charge in [0.1, 0.15) is 0 Å². The van der Waals surface area contributed by atoms with Gasteiger partial charge in [-0.25, -0.2) is 9.50 Å².